The molecular weight excluding hydrogens is 222 g/mol. The number of aromatic nitrogens is 2. The number of hydrogen-bond donors (Lipinski definition) is 2. The molecule has 1 aliphatic heterocycles. The highest BCUT2D eigenvalue weighted by atomic mass is 14.9. The number of H-pyrrole nitrogens is 1. The lowest BCUT2D eigenvalue weighted by Crippen LogP contribution is -2.27. The Kier molecular flexibility index (Phi) is 3.08. The van der Waals surface area contributed by atoms with Crippen LogP contribution in [0.3, 0.4) is 0 Å². The number of imidazole rings is 1. The van der Waals surface area contributed by atoms with E-state index in [2.05, 4.69) is 42.3 Å². The van der Waals surface area contributed by atoms with E-state index in [1.54, 1.807) is 0 Å². The van der Waals surface area contributed by atoms with E-state index < -0.39 is 0 Å². The van der Waals surface area contributed by atoms with Crippen LogP contribution < -0.4 is 5.32 Å². The van der Waals surface area contributed by atoms with Crippen molar-refractivity contribution in [2.24, 2.45) is 0 Å². The molecule has 0 unspecified atom stereocenters. The molecule has 1 aromatic heterocycles. The van der Waals surface area contributed by atoms with E-state index in [4.69, 9.17) is 4.98 Å². The number of nitrogens with zero attached hydrogens (tertiary/aromatic N) is 1. The second-order valence-corrected chi connectivity index (χ2v) is 5.58. The molecule has 1 fully saturated rings. The zero-order valence-corrected chi connectivity index (χ0v) is 11.2. The summed E-state index contributed by atoms with van der Waals surface area (Å²) in [6, 6.07) is 6.59. The van der Waals surface area contributed by atoms with Gasteiger partial charge in [-0.2, -0.15) is 0 Å². The Labute approximate surface area is 108 Å². The molecule has 18 heavy (non-hydrogen) atoms. The number of fused-ring (bicyclic) bond motifs is 1. The van der Waals surface area contributed by atoms with Crippen molar-refractivity contribution in [3.8, 4) is 0 Å². The lowest BCUT2D eigenvalue weighted by Gasteiger charge is -2.20. The molecule has 0 saturated carbocycles. The van der Waals surface area contributed by atoms with Crippen molar-refractivity contribution in [1.29, 1.82) is 0 Å². The van der Waals surface area contributed by atoms with Crippen LogP contribution in [0.25, 0.3) is 11.0 Å². The first kappa shape index (κ1) is 11.7. The molecule has 2 heterocycles. The highest BCUT2D eigenvalue weighted by Gasteiger charge is 2.18. The van der Waals surface area contributed by atoms with Gasteiger partial charge in [-0.3, -0.25) is 0 Å². The van der Waals surface area contributed by atoms with E-state index in [1.807, 2.05) is 0 Å². The van der Waals surface area contributed by atoms with Gasteiger partial charge < -0.3 is 10.3 Å². The van der Waals surface area contributed by atoms with E-state index in [-0.39, 0.29) is 0 Å². The number of hydrogen-bond acceptors (Lipinski definition) is 2. The Morgan fingerprint density at radius 3 is 2.72 bits per heavy atom. The molecule has 0 spiro atoms. The van der Waals surface area contributed by atoms with Crippen LogP contribution >= 0.6 is 0 Å². The van der Waals surface area contributed by atoms with E-state index in [0.29, 0.717) is 11.8 Å². The molecule has 1 aromatic carbocycles. The fraction of sp³-hybridized carbons (Fsp3) is 0.533. The van der Waals surface area contributed by atoms with Crippen LogP contribution in [0.5, 0.6) is 0 Å². The Balaban J connectivity index is 1.94. The summed E-state index contributed by atoms with van der Waals surface area (Å²) in [4.78, 5) is 8.28. The Bertz CT molecular complexity index is 536. The van der Waals surface area contributed by atoms with Gasteiger partial charge in [0.2, 0.25) is 0 Å². The van der Waals surface area contributed by atoms with Crippen LogP contribution in [0.2, 0.25) is 0 Å². The van der Waals surface area contributed by atoms with Gasteiger partial charge in [-0.1, -0.05) is 19.9 Å². The summed E-state index contributed by atoms with van der Waals surface area (Å²) in [7, 11) is 0. The van der Waals surface area contributed by atoms with Crippen molar-refractivity contribution in [3.63, 3.8) is 0 Å². The summed E-state index contributed by atoms with van der Waals surface area (Å²) >= 11 is 0. The quantitative estimate of drug-likeness (QED) is 0.850. The zero-order chi connectivity index (χ0) is 12.5. The smallest absolute Gasteiger partial charge is 0.110 e. The molecule has 2 N–H and O–H groups in total. The largest absolute Gasteiger partial charge is 0.342 e. The van der Waals surface area contributed by atoms with Gasteiger partial charge in [-0.25, -0.2) is 4.98 Å². The molecule has 3 nitrogen and oxygen atoms in total. The third-order valence-electron chi connectivity index (χ3n) is 3.92. The predicted octanol–water partition coefficient (Wildman–Crippen LogP) is 3.15. The Morgan fingerprint density at radius 2 is 2.00 bits per heavy atom. The van der Waals surface area contributed by atoms with Crippen molar-refractivity contribution >= 4 is 11.0 Å². The van der Waals surface area contributed by atoms with Crippen molar-refractivity contribution in [2.45, 2.75) is 38.5 Å². The van der Waals surface area contributed by atoms with Gasteiger partial charge >= 0.3 is 0 Å². The van der Waals surface area contributed by atoms with E-state index >= 15 is 0 Å². The van der Waals surface area contributed by atoms with Crippen molar-refractivity contribution in [1.82, 2.24) is 15.3 Å². The third-order valence-corrected chi connectivity index (χ3v) is 3.92. The van der Waals surface area contributed by atoms with Gasteiger partial charge in [0.15, 0.2) is 0 Å². The van der Waals surface area contributed by atoms with E-state index in [1.165, 1.54) is 29.7 Å². The summed E-state index contributed by atoms with van der Waals surface area (Å²) in [5.74, 6) is 2.34. The zero-order valence-electron chi connectivity index (χ0n) is 11.2. The average molecular weight is 243 g/mol. The maximum Gasteiger partial charge on any atom is 0.110 e. The van der Waals surface area contributed by atoms with Crippen molar-refractivity contribution < 1.29 is 0 Å². The Morgan fingerprint density at radius 1 is 1.22 bits per heavy atom. The highest BCUT2D eigenvalue weighted by molar-refractivity contribution is 5.76. The first-order valence-corrected chi connectivity index (χ1v) is 6.94. The molecule has 1 saturated heterocycles. The van der Waals surface area contributed by atoms with Crippen LogP contribution in [-0.2, 0) is 0 Å². The standard InChI is InChI=1S/C15H21N3/c1-10(2)12-3-4-13-14(9-12)18-15(17-13)11-5-7-16-8-6-11/h3-4,9-11,16H,5-8H2,1-2H3,(H,17,18). The first-order valence-electron chi connectivity index (χ1n) is 6.94. The topological polar surface area (TPSA) is 40.7 Å². The lowest BCUT2D eigenvalue weighted by molar-refractivity contribution is 0.448. The summed E-state index contributed by atoms with van der Waals surface area (Å²) in [6.07, 6.45) is 2.38. The molecule has 3 heteroatoms. The van der Waals surface area contributed by atoms with Gasteiger partial charge in [-0.05, 0) is 49.5 Å². The van der Waals surface area contributed by atoms with Crippen LogP contribution in [0.4, 0.5) is 0 Å². The average Bonchev–Trinajstić information content (AvgIpc) is 2.82. The van der Waals surface area contributed by atoms with E-state index in [0.717, 1.165) is 18.6 Å². The molecular formula is C15H21N3. The second kappa shape index (κ2) is 4.73. The fourth-order valence-electron chi connectivity index (χ4n) is 2.69. The van der Waals surface area contributed by atoms with Gasteiger partial charge in [-0.15, -0.1) is 0 Å². The molecule has 3 rings (SSSR count). The van der Waals surface area contributed by atoms with Crippen LogP contribution in [0, 0.1) is 0 Å². The maximum absolute atomic E-state index is 4.75. The minimum Gasteiger partial charge on any atom is -0.342 e. The molecule has 0 atom stereocenters. The van der Waals surface area contributed by atoms with Gasteiger partial charge in [0.1, 0.15) is 5.82 Å². The minimum atomic E-state index is 0.569. The first-order chi connectivity index (χ1) is 8.74. The maximum atomic E-state index is 4.75. The molecule has 0 aliphatic carbocycles. The number of benzene rings is 1. The number of aromatic amines is 1. The highest BCUT2D eigenvalue weighted by Crippen LogP contribution is 2.26. The van der Waals surface area contributed by atoms with Gasteiger partial charge in [0.25, 0.3) is 0 Å². The summed E-state index contributed by atoms with van der Waals surface area (Å²) in [6.45, 7) is 6.68. The summed E-state index contributed by atoms with van der Waals surface area (Å²) < 4.78 is 0. The number of nitrogens with one attached hydrogen (secondary N) is 2. The van der Waals surface area contributed by atoms with Crippen LogP contribution in [-0.4, -0.2) is 23.1 Å². The van der Waals surface area contributed by atoms with Gasteiger partial charge in [0, 0.05) is 5.92 Å². The van der Waals surface area contributed by atoms with Crippen LogP contribution in [0.1, 0.15) is 49.9 Å². The monoisotopic (exact) mass is 243 g/mol. The lowest BCUT2D eigenvalue weighted by atomic mass is 9.98. The van der Waals surface area contributed by atoms with Crippen molar-refractivity contribution in [2.75, 3.05) is 13.1 Å². The summed E-state index contributed by atoms with van der Waals surface area (Å²) in [5.41, 5.74) is 3.67. The third kappa shape index (κ3) is 2.15. The molecule has 2 aromatic rings. The number of piperidine rings is 1. The molecule has 0 radical (unpaired) electrons. The molecule has 0 bridgehead atoms. The summed E-state index contributed by atoms with van der Waals surface area (Å²) in [5, 5.41) is 3.40. The van der Waals surface area contributed by atoms with Crippen LogP contribution in [0.15, 0.2) is 18.2 Å². The molecule has 1 aliphatic rings. The van der Waals surface area contributed by atoms with Gasteiger partial charge in [0.05, 0.1) is 11.0 Å². The Hall–Kier alpha value is -1.35. The second-order valence-electron chi connectivity index (χ2n) is 5.58. The fourth-order valence-corrected chi connectivity index (χ4v) is 2.69. The molecule has 0 amide bonds. The normalized spacial score (nSPS) is 17.7. The molecule has 96 valence electrons. The minimum absolute atomic E-state index is 0.569. The SMILES string of the molecule is CC(C)c1ccc2nc(C3CCNCC3)[nH]c2c1. The predicted molar refractivity (Wildman–Crippen MR) is 75.0 cm³/mol. The van der Waals surface area contributed by atoms with Crippen molar-refractivity contribution in [3.05, 3.63) is 29.6 Å². The van der Waals surface area contributed by atoms with E-state index in [9.17, 15) is 0 Å². The number of rotatable bonds is 2.